The summed E-state index contributed by atoms with van der Waals surface area (Å²) in [5, 5.41) is 0. The topological polar surface area (TPSA) is 106 Å². The van der Waals surface area contributed by atoms with E-state index >= 15 is 0 Å². The van der Waals surface area contributed by atoms with Gasteiger partial charge in [-0.25, -0.2) is 0 Å². The molecule has 0 unspecified atom stereocenters. The van der Waals surface area contributed by atoms with Crippen molar-refractivity contribution in [3.63, 3.8) is 0 Å². The summed E-state index contributed by atoms with van der Waals surface area (Å²) in [6.07, 6.45) is 14.6. The van der Waals surface area contributed by atoms with Crippen molar-refractivity contribution in [3.05, 3.63) is 213 Å². The molecular formula is C68H84Co2N8. The second kappa shape index (κ2) is 33.2. The molecule has 0 N–H and O–H groups in total. The molecule has 414 valence electrons. The van der Waals surface area contributed by atoms with E-state index in [-0.39, 0.29) is 33.6 Å². The maximum atomic E-state index is 4.70. The van der Waals surface area contributed by atoms with Crippen molar-refractivity contribution in [1.29, 1.82) is 0 Å². The average Bonchev–Trinajstić information content (AvgIpc) is 4.27. The molecule has 0 bridgehead atoms. The molecule has 78 heavy (non-hydrogen) atoms. The van der Waals surface area contributed by atoms with Crippen LogP contribution in [0.25, 0.3) is 0 Å². The van der Waals surface area contributed by atoms with E-state index in [0.717, 1.165) is 45.5 Å². The molecule has 0 aliphatic heterocycles. The number of nitrogens with zero attached hydrogens (tertiary/aromatic N) is 8. The van der Waals surface area contributed by atoms with Crippen LogP contribution in [-0.2, 0) is 33.6 Å². The third kappa shape index (κ3) is 19.6. The first-order valence-corrected chi connectivity index (χ1v) is 27.4. The summed E-state index contributed by atoms with van der Waals surface area (Å²) in [6.45, 7) is 35.3. The number of benzene rings is 4. The van der Waals surface area contributed by atoms with Crippen molar-refractivity contribution in [2.24, 2.45) is 20.0 Å². The third-order valence-corrected chi connectivity index (χ3v) is 13.0. The van der Waals surface area contributed by atoms with E-state index in [4.69, 9.17) is 20.0 Å². The van der Waals surface area contributed by atoms with Gasteiger partial charge in [0.15, 0.2) is 0 Å². The fraction of sp³-hybridized carbons (Fsp3) is 0.353. The summed E-state index contributed by atoms with van der Waals surface area (Å²) >= 11 is 0. The molecule has 8 rings (SSSR count). The van der Waals surface area contributed by atoms with Crippen LogP contribution in [0.3, 0.4) is 0 Å². The molecule has 10 heteroatoms. The van der Waals surface area contributed by atoms with E-state index in [1.807, 2.05) is 73.4 Å². The summed E-state index contributed by atoms with van der Waals surface area (Å²) in [4.78, 5) is 35.7. The van der Waals surface area contributed by atoms with Gasteiger partial charge in [0.1, 0.15) is 0 Å². The van der Waals surface area contributed by atoms with Gasteiger partial charge in [0, 0.05) is 24.9 Å². The van der Waals surface area contributed by atoms with Crippen LogP contribution < -0.4 is 19.9 Å². The molecule has 0 aliphatic carbocycles. The monoisotopic (exact) mass is 1130 g/mol. The molecule has 4 aromatic heterocycles. The Morgan fingerprint density at radius 1 is 0.244 bits per heavy atom. The van der Waals surface area contributed by atoms with E-state index < -0.39 is 0 Å². The first-order chi connectivity index (χ1) is 36.4. The molecule has 0 saturated heterocycles. The predicted octanol–water partition coefficient (Wildman–Crippen LogP) is 18.6. The van der Waals surface area contributed by atoms with Gasteiger partial charge in [0.2, 0.25) is 0 Å². The second-order valence-corrected chi connectivity index (χ2v) is 21.7. The number of rotatable bonds is 16. The zero-order chi connectivity index (χ0) is 55.3. The Bertz CT molecular complexity index is 2520. The molecule has 0 amide bonds. The Kier molecular flexibility index (Phi) is 28.1. The molecule has 0 saturated carbocycles. The molecule has 8 nitrogen and oxygen atoms in total. The van der Waals surface area contributed by atoms with Gasteiger partial charge in [-0.05, 0) is 91.9 Å². The Morgan fingerprint density at radius 3 is 0.513 bits per heavy atom. The number of para-hydroxylation sites is 4. The molecule has 4 heterocycles. The largest absolute Gasteiger partial charge is 2.00 e. The first-order valence-electron chi connectivity index (χ1n) is 27.4. The van der Waals surface area contributed by atoms with Gasteiger partial charge in [0.25, 0.3) is 0 Å². The van der Waals surface area contributed by atoms with Gasteiger partial charge in [-0.15, -0.1) is 22.8 Å². The maximum absolute atomic E-state index is 4.70. The van der Waals surface area contributed by atoms with Crippen molar-refractivity contribution in [1.82, 2.24) is 19.9 Å². The van der Waals surface area contributed by atoms with Crippen molar-refractivity contribution in [2.75, 3.05) is 0 Å². The fourth-order valence-electron chi connectivity index (χ4n) is 8.73. The summed E-state index contributed by atoms with van der Waals surface area (Å²) in [5.74, 6) is 3.77. The molecule has 0 spiro atoms. The Labute approximate surface area is 489 Å². The first kappa shape index (κ1) is 66.0. The van der Waals surface area contributed by atoms with Crippen molar-refractivity contribution < 1.29 is 33.6 Å². The normalized spacial score (nSPS) is 11.6. The molecule has 0 fully saturated rings. The molecule has 4 aromatic carbocycles. The maximum Gasteiger partial charge on any atom is 2.00 e. The van der Waals surface area contributed by atoms with Gasteiger partial charge < -0.3 is 19.9 Å². The standard InChI is InChI=1S/4C17H21N2.2Co/c4*1-12(2)15-8-5-9-16(13(3)4)17(15)19-11-14-7-6-10-18-14;;/h4*5-13H,1-4H3;;/q4*-1;2*+2. The Hall–Kier alpha value is -6.31. The van der Waals surface area contributed by atoms with E-state index in [0.29, 0.717) is 47.3 Å². The van der Waals surface area contributed by atoms with Gasteiger partial charge >= 0.3 is 33.6 Å². The van der Waals surface area contributed by atoms with Gasteiger partial charge in [-0.3, -0.25) is 20.0 Å². The van der Waals surface area contributed by atoms with Crippen LogP contribution in [0.4, 0.5) is 22.7 Å². The Morgan fingerprint density at radius 2 is 0.397 bits per heavy atom. The van der Waals surface area contributed by atoms with Crippen LogP contribution in [0.1, 0.15) is 225 Å². The summed E-state index contributed by atoms with van der Waals surface area (Å²) in [6, 6.07) is 41.5. The number of aromatic nitrogens is 4. The van der Waals surface area contributed by atoms with Crippen LogP contribution in [0.5, 0.6) is 0 Å². The summed E-state index contributed by atoms with van der Waals surface area (Å²) in [7, 11) is 0. The molecule has 0 aliphatic rings. The minimum absolute atomic E-state index is 0. The van der Waals surface area contributed by atoms with E-state index in [1.165, 1.54) is 44.5 Å². The smallest absolute Gasteiger partial charge is 0.663 e. The average molecular weight is 1130 g/mol. The van der Waals surface area contributed by atoms with E-state index in [2.05, 4.69) is 204 Å². The minimum atomic E-state index is 0. The predicted molar refractivity (Wildman–Crippen MR) is 327 cm³/mol. The molecule has 2 radical (unpaired) electrons. The summed E-state index contributed by atoms with van der Waals surface area (Å²) in [5.41, 5.74) is 18.5. The second-order valence-electron chi connectivity index (χ2n) is 21.7. The van der Waals surface area contributed by atoms with Gasteiger partial charge in [-0.2, -0.15) is 24.8 Å². The zero-order valence-electron chi connectivity index (χ0n) is 49.0. The molecule has 8 aromatic rings. The van der Waals surface area contributed by atoms with Crippen LogP contribution in [0.15, 0.2) is 166 Å². The van der Waals surface area contributed by atoms with E-state index in [1.54, 1.807) is 24.8 Å². The van der Waals surface area contributed by atoms with Crippen molar-refractivity contribution >= 4 is 47.6 Å². The fourth-order valence-corrected chi connectivity index (χ4v) is 8.73. The van der Waals surface area contributed by atoms with Gasteiger partial charge in [0.05, 0.1) is 22.7 Å². The van der Waals surface area contributed by atoms with Crippen molar-refractivity contribution in [2.45, 2.75) is 158 Å². The molecule has 0 atom stereocenters. The number of aliphatic imine (C=N–C) groups is 4. The number of hydrogen-bond acceptors (Lipinski definition) is 4. The zero-order valence-corrected chi connectivity index (χ0v) is 51.1. The summed E-state index contributed by atoms with van der Waals surface area (Å²) < 4.78 is 0. The van der Waals surface area contributed by atoms with Crippen molar-refractivity contribution in [3.8, 4) is 0 Å². The van der Waals surface area contributed by atoms with Crippen LogP contribution in [0, 0.1) is 0 Å². The minimum Gasteiger partial charge on any atom is -0.663 e. The third-order valence-electron chi connectivity index (χ3n) is 13.0. The van der Waals surface area contributed by atoms with Crippen LogP contribution in [-0.4, -0.2) is 24.9 Å². The Balaban J connectivity index is 0.000000271. The SMILES string of the molecule is CC(C)c1cccc(C(C)C)c1N=Cc1ccc[n-]1.CC(C)c1cccc(C(C)C)c1N=Cc1ccc[n-]1.CC(C)c1cccc(C(C)C)c1N=Cc1ccc[n-]1.CC(C)c1cccc(C(C)C)c1N=Cc1ccc[n-]1.[Co+2].[Co+2]. The molecular weight excluding hydrogens is 1050 g/mol. The number of hydrogen-bond donors (Lipinski definition) is 0. The van der Waals surface area contributed by atoms with Crippen LogP contribution in [0.2, 0.25) is 0 Å². The quantitative estimate of drug-likeness (QED) is 0.0899. The van der Waals surface area contributed by atoms with E-state index in [9.17, 15) is 0 Å². The van der Waals surface area contributed by atoms with Gasteiger partial charge in [-0.1, -0.05) is 232 Å². The van der Waals surface area contributed by atoms with Crippen LogP contribution >= 0.6 is 0 Å².